The summed E-state index contributed by atoms with van der Waals surface area (Å²) in [7, 11) is 0. The van der Waals surface area contributed by atoms with Crippen molar-refractivity contribution >= 4 is 17.4 Å². The number of hydrogen-bond acceptors (Lipinski definition) is 5. The molecule has 0 bridgehead atoms. The van der Waals surface area contributed by atoms with Crippen LogP contribution >= 0.6 is 11.7 Å². The fraction of sp³-hybridized carbons (Fsp3) is 0. The summed E-state index contributed by atoms with van der Waals surface area (Å²) in [5.74, 6) is 0. The predicted octanol–water partition coefficient (Wildman–Crippen LogP) is 2.11. The van der Waals surface area contributed by atoms with Crippen molar-refractivity contribution in [2.75, 3.05) is 0 Å². The topological polar surface area (TPSA) is 68.9 Å². The molecule has 70 valence electrons. The second kappa shape index (κ2) is 3.51. The lowest BCUT2D eigenvalue weighted by molar-refractivity contribution is -0.384. The molecule has 14 heavy (non-hydrogen) atoms. The van der Waals surface area contributed by atoms with Crippen molar-refractivity contribution in [1.82, 2.24) is 8.75 Å². The van der Waals surface area contributed by atoms with Gasteiger partial charge in [0, 0.05) is 6.07 Å². The minimum absolute atomic E-state index is 0.0557. The summed E-state index contributed by atoms with van der Waals surface area (Å²) in [5.41, 5.74) is 1.11. The van der Waals surface area contributed by atoms with Crippen molar-refractivity contribution < 1.29 is 4.92 Å². The Bertz CT molecular complexity index is 455. The number of rotatable bonds is 2. The maximum absolute atomic E-state index is 10.7. The Morgan fingerprint density at radius 3 is 2.79 bits per heavy atom. The Balaban J connectivity index is 2.58. The fourth-order valence-corrected chi connectivity index (χ4v) is 1.56. The summed E-state index contributed by atoms with van der Waals surface area (Å²) in [6.45, 7) is 0. The summed E-state index contributed by atoms with van der Waals surface area (Å²) >= 11 is 1.03. The number of nitro benzene ring substituents is 1. The van der Waals surface area contributed by atoms with Crippen molar-refractivity contribution in [2.24, 2.45) is 0 Å². The Morgan fingerprint density at radius 2 is 2.14 bits per heavy atom. The SMILES string of the molecule is O=[N+]([O-])c1ccccc1-c1cnsn1. The van der Waals surface area contributed by atoms with Gasteiger partial charge in [0.25, 0.3) is 5.69 Å². The van der Waals surface area contributed by atoms with Crippen LogP contribution in [0.15, 0.2) is 30.5 Å². The molecule has 0 fully saturated rings. The van der Waals surface area contributed by atoms with Crippen LogP contribution in [-0.2, 0) is 0 Å². The van der Waals surface area contributed by atoms with Crippen LogP contribution < -0.4 is 0 Å². The van der Waals surface area contributed by atoms with Gasteiger partial charge in [0.05, 0.1) is 28.4 Å². The summed E-state index contributed by atoms with van der Waals surface area (Å²) in [4.78, 5) is 10.3. The van der Waals surface area contributed by atoms with Crippen molar-refractivity contribution in [3.05, 3.63) is 40.6 Å². The van der Waals surface area contributed by atoms with E-state index in [0.29, 0.717) is 11.3 Å². The maximum Gasteiger partial charge on any atom is 0.278 e. The van der Waals surface area contributed by atoms with Gasteiger partial charge < -0.3 is 0 Å². The largest absolute Gasteiger partial charge is 0.278 e. The zero-order chi connectivity index (χ0) is 9.97. The molecule has 2 aromatic rings. The van der Waals surface area contributed by atoms with E-state index in [1.165, 1.54) is 12.3 Å². The quantitative estimate of drug-likeness (QED) is 0.558. The highest BCUT2D eigenvalue weighted by atomic mass is 32.1. The van der Waals surface area contributed by atoms with E-state index in [-0.39, 0.29) is 5.69 Å². The first-order chi connectivity index (χ1) is 6.79. The third kappa shape index (κ3) is 1.47. The van der Waals surface area contributed by atoms with Gasteiger partial charge in [-0.25, -0.2) is 0 Å². The third-order valence-electron chi connectivity index (χ3n) is 1.74. The minimum Gasteiger partial charge on any atom is -0.258 e. The molecule has 1 aromatic heterocycles. The van der Waals surface area contributed by atoms with Crippen LogP contribution in [-0.4, -0.2) is 13.7 Å². The highest BCUT2D eigenvalue weighted by Gasteiger charge is 2.15. The smallest absolute Gasteiger partial charge is 0.258 e. The molecule has 0 unspecified atom stereocenters. The number of para-hydroxylation sites is 1. The normalized spacial score (nSPS) is 10.0. The number of nitro groups is 1. The molecule has 0 saturated carbocycles. The molecule has 5 nitrogen and oxygen atoms in total. The highest BCUT2D eigenvalue weighted by Crippen LogP contribution is 2.27. The van der Waals surface area contributed by atoms with Gasteiger partial charge in [-0.3, -0.25) is 10.1 Å². The van der Waals surface area contributed by atoms with E-state index >= 15 is 0 Å². The van der Waals surface area contributed by atoms with Crippen LogP contribution in [0.2, 0.25) is 0 Å². The van der Waals surface area contributed by atoms with E-state index in [1.54, 1.807) is 18.2 Å². The Hall–Kier alpha value is -1.82. The molecule has 0 radical (unpaired) electrons. The zero-order valence-electron chi connectivity index (χ0n) is 6.95. The second-order valence-corrected chi connectivity index (χ2v) is 3.12. The maximum atomic E-state index is 10.7. The Kier molecular flexibility index (Phi) is 2.19. The van der Waals surface area contributed by atoms with Crippen molar-refractivity contribution in [1.29, 1.82) is 0 Å². The average molecular weight is 207 g/mol. The Morgan fingerprint density at radius 1 is 1.36 bits per heavy atom. The third-order valence-corrected chi connectivity index (χ3v) is 2.22. The molecule has 0 aliphatic rings. The van der Waals surface area contributed by atoms with Crippen LogP contribution in [0.25, 0.3) is 11.3 Å². The van der Waals surface area contributed by atoms with Crippen LogP contribution in [0, 0.1) is 10.1 Å². The number of benzene rings is 1. The van der Waals surface area contributed by atoms with Crippen molar-refractivity contribution in [3.63, 3.8) is 0 Å². The lowest BCUT2D eigenvalue weighted by Gasteiger charge is -1.96. The lowest BCUT2D eigenvalue weighted by Crippen LogP contribution is -1.91. The molecule has 0 aliphatic carbocycles. The molecule has 0 N–H and O–H groups in total. The van der Waals surface area contributed by atoms with E-state index in [4.69, 9.17) is 0 Å². The van der Waals surface area contributed by atoms with Gasteiger partial charge >= 0.3 is 0 Å². The lowest BCUT2D eigenvalue weighted by atomic mass is 10.1. The molecule has 0 saturated heterocycles. The Labute approximate surface area is 83.5 Å². The molecular formula is C8H5N3O2S. The molecule has 0 spiro atoms. The van der Waals surface area contributed by atoms with Crippen LogP contribution in [0.3, 0.4) is 0 Å². The summed E-state index contributed by atoms with van der Waals surface area (Å²) in [5, 5.41) is 10.7. The standard InChI is InChI=1S/C8H5N3O2S/c12-11(13)8-4-2-1-3-6(8)7-5-9-14-10-7/h1-5H. The van der Waals surface area contributed by atoms with Crippen LogP contribution in [0.5, 0.6) is 0 Å². The molecule has 6 heteroatoms. The molecule has 2 rings (SSSR count). The summed E-state index contributed by atoms with van der Waals surface area (Å²) in [6, 6.07) is 6.48. The van der Waals surface area contributed by atoms with Crippen LogP contribution in [0.4, 0.5) is 5.69 Å². The van der Waals surface area contributed by atoms with Gasteiger partial charge in [-0.1, -0.05) is 12.1 Å². The molecule has 1 aromatic carbocycles. The van der Waals surface area contributed by atoms with E-state index in [1.807, 2.05) is 0 Å². The van der Waals surface area contributed by atoms with Gasteiger partial charge in [-0.2, -0.15) is 8.75 Å². The number of nitrogens with zero attached hydrogens (tertiary/aromatic N) is 3. The van der Waals surface area contributed by atoms with Crippen LogP contribution in [0.1, 0.15) is 0 Å². The van der Waals surface area contributed by atoms with Gasteiger partial charge in [0.1, 0.15) is 5.69 Å². The van der Waals surface area contributed by atoms with Gasteiger partial charge in [0.2, 0.25) is 0 Å². The zero-order valence-corrected chi connectivity index (χ0v) is 7.77. The van der Waals surface area contributed by atoms with E-state index in [0.717, 1.165) is 11.7 Å². The second-order valence-electron chi connectivity index (χ2n) is 2.57. The average Bonchev–Trinajstić information content (AvgIpc) is 2.70. The summed E-state index contributed by atoms with van der Waals surface area (Å²) in [6.07, 6.45) is 1.52. The first-order valence-electron chi connectivity index (χ1n) is 3.80. The van der Waals surface area contributed by atoms with Gasteiger partial charge in [0.15, 0.2) is 0 Å². The molecular weight excluding hydrogens is 202 g/mol. The molecule has 0 amide bonds. The van der Waals surface area contributed by atoms with E-state index < -0.39 is 4.92 Å². The first kappa shape index (κ1) is 8.76. The van der Waals surface area contributed by atoms with Crippen molar-refractivity contribution in [2.45, 2.75) is 0 Å². The monoisotopic (exact) mass is 207 g/mol. The van der Waals surface area contributed by atoms with Crippen molar-refractivity contribution in [3.8, 4) is 11.3 Å². The minimum atomic E-state index is -0.422. The number of hydrogen-bond donors (Lipinski definition) is 0. The number of aromatic nitrogens is 2. The van der Waals surface area contributed by atoms with Gasteiger partial charge in [-0.05, 0) is 6.07 Å². The summed E-state index contributed by atoms with van der Waals surface area (Å²) < 4.78 is 7.76. The molecule has 0 aliphatic heterocycles. The highest BCUT2D eigenvalue weighted by molar-refractivity contribution is 6.99. The first-order valence-corrected chi connectivity index (χ1v) is 4.53. The van der Waals surface area contributed by atoms with E-state index in [9.17, 15) is 10.1 Å². The molecule has 1 heterocycles. The predicted molar refractivity (Wildman–Crippen MR) is 52.0 cm³/mol. The van der Waals surface area contributed by atoms with E-state index in [2.05, 4.69) is 8.75 Å². The van der Waals surface area contributed by atoms with Gasteiger partial charge in [-0.15, -0.1) is 0 Å². The molecule has 0 atom stereocenters. The fourth-order valence-electron chi connectivity index (χ4n) is 1.13.